The minimum atomic E-state index is -0.675. The third kappa shape index (κ3) is 5.95. The van der Waals surface area contributed by atoms with Crippen molar-refractivity contribution in [1.82, 2.24) is 10.6 Å². The van der Waals surface area contributed by atoms with E-state index in [1.165, 1.54) is 32.1 Å². The first kappa shape index (κ1) is 14.9. The molecular weight excluding hydrogens is 250 g/mol. The van der Waals surface area contributed by atoms with Crippen LogP contribution in [-0.2, 0) is 9.59 Å². The van der Waals surface area contributed by atoms with E-state index in [9.17, 15) is 9.59 Å². The SMILES string of the molecule is NC(=S)CNC(=O)C(=O)NCCC1CCCCC1. The molecule has 0 heterocycles. The summed E-state index contributed by atoms with van der Waals surface area (Å²) in [5.74, 6) is -0.591. The molecule has 1 saturated carbocycles. The van der Waals surface area contributed by atoms with Crippen molar-refractivity contribution in [2.24, 2.45) is 11.7 Å². The van der Waals surface area contributed by atoms with Gasteiger partial charge in [-0.05, 0) is 12.3 Å². The van der Waals surface area contributed by atoms with E-state index < -0.39 is 11.8 Å². The minimum absolute atomic E-state index is 0.0597. The molecule has 0 bridgehead atoms. The summed E-state index contributed by atoms with van der Waals surface area (Å²) >= 11 is 4.60. The van der Waals surface area contributed by atoms with Crippen molar-refractivity contribution in [3.8, 4) is 0 Å². The van der Waals surface area contributed by atoms with E-state index in [0.717, 1.165) is 6.42 Å². The molecule has 0 saturated heterocycles. The summed E-state index contributed by atoms with van der Waals surface area (Å²) in [5.41, 5.74) is 5.22. The van der Waals surface area contributed by atoms with E-state index >= 15 is 0 Å². The first-order valence-electron chi connectivity index (χ1n) is 6.44. The predicted molar refractivity (Wildman–Crippen MR) is 74.0 cm³/mol. The maximum Gasteiger partial charge on any atom is 0.309 e. The van der Waals surface area contributed by atoms with Gasteiger partial charge in [-0.1, -0.05) is 44.3 Å². The topological polar surface area (TPSA) is 84.2 Å². The van der Waals surface area contributed by atoms with Crippen LogP contribution in [0.4, 0.5) is 0 Å². The lowest BCUT2D eigenvalue weighted by atomic mass is 9.87. The Balaban J connectivity index is 2.11. The van der Waals surface area contributed by atoms with Crippen molar-refractivity contribution in [2.75, 3.05) is 13.1 Å². The summed E-state index contributed by atoms with van der Waals surface area (Å²) in [6, 6.07) is 0. The monoisotopic (exact) mass is 271 g/mol. The molecule has 4 N–H and O–H groups in total. The number of rotatable bonds is 5. The number of hydrogen-bond acceptors (Lipinski definition) is 3. The molecule has 0 radical (unpaired) electrons. The Labute approximate surface area is 113 Å². The fraction of sp³-hybridized carbons (Fsp3) is 0.750. The Morgan fingerprint density at radius 3 is 2.33 bits per heavy atom. The second kappa shape index (κ2) is 8.02. The molecule has 0 atom stereocenters. The zero-order chi connectivity index (χ0) is 13.4. The molecule has 0 unspecified atom stereocenters. The smallest absolute Gasteiger partial charge is 0.309 e. The van der Waals surface area contributed by atoms with Gasteiger partial charge in [-0.15, -0.1) is 0 Å². The van der Waals surface area contributed by atoms with Crippen LogP contribution in [0.15, 0.2) is 0 Å². The Bertz CT molecular complexity index is 314. The summed E-state index contributed by atoms with van der Waals surface area (Å²) in [6.07, 6.45) is 7.33. The average Bonchev–Trinajstić information content (AvgIpc) is 2.37. The van der Waals surface area contributed by atoms with Gasteiger partial charge in [0.25, 0.3) is 0 Å². The maximum atomic E-state index is 11.4. The van der Waals surface area contributed by atoms with Crippen molar-refractivity contribution >= 4 is 29.0 Å². The molecule has 2 amide bonds. The minimum Gasteiger partial charge on any atom is -0.392 e. The fourth-order valence-electron chi connectivity index (χ4n) is 2.19. The Hall–Kier alpha value is -1.17. The van der Waals surface area contributed by atoms with Crippen LogP contribution in [0.1, 0.15) is 38.5 Å². The summed E-state index contributed by atoms with van der Waals surface area (Å²) < 4.78 is 0. The van der Waals surface area contributed by atoms with E-state index in [1.807, 2.05) is 0 Å². The summed E-state index contributed by atoms with van der Waals surface area (Å²) in [4.78, 5) is 22.8. The lowest BCUT2D eigenvalue weighted by Crippen LogP contribution is -2.43. The first-order chi connectivity index (χ1) is 8.59. The van der Waals surface area contributed by atoms with Gasteiger partial charge in [-0.2, -0.15) is 0 Å². The van der Waals surface area contributed by atoms with Crippen molar-refractivity contribution in [3.63, 3.8) is 0 Å². The van der Waals surface area contributed by atoms with Gasteiger partial charge in [0.2, 0.25) is 0 Å². The van der Waals surface area contributed by atoms with Gasteiger partial charge < -0.3 is 16.4 Å². The van der Waals surface area contributed by atoms with Gasteiger partial charge in [-0.25, -0.2) is 0 Å². The second-order valence-electron chi connectivity index (χ2n) is 4.70. The standard InChI is InChI=1S/C12H21N3O2S/c13-10(18)8-15-12(17)11(16)14-7-6-9-4-2-1-3-5-9/h9H,1-8H2,(H2,13,18)(H,14,16)(H,15,17). The third-order valence-electron chi connectivity index (χ3n) is 3.19. The van der Waals surface area contributed by atoms with Crippen molar-refractivity contribution in [1.29, 1.82) is 0 Å². The molecule has 1 aliphatic carbocycles. The van der Waals surface area contributed by atoms with Crippen molar-refractivity contribution in [2.45, 2.75) is 38.5 Å². The van der Waals surface area contributed by atoms with Crippen LogP contribution in [0.3, 0.4) is 0 Å². The molecule has 0 aromatic rings. The van der Waals surface area contributed by atoms with Crippen molar-refractivity contribution in [3.05, 3.63) is 0 Å². The third-order valence-corrected chi connectivity index (χ3v) is 3.34. The molecule has 18 heavy (non-hydrogen) atoms. The van der Waals surface area contributed by atoms with E-state index in [0.29, 0.717) is 12.5 Å². The van der Waals surface area contributed by atoms with E-state index in [1.54, 1.807) is 0 Å². The maximum absolute atomic E-state index is 11.4. The molecule has 1 fully saturated rings. The number of thiocarbonyl (C=S) groups is 1. The van der Waals surface area contributed by atoms with Crippen LogP contribution >= 0.6 is 12.2 Å². The van der Waals surface area contributed by atoms with Gasteiger partial charge in [-0.3, -0.25) is 9.59 Å². The Morgan fingerprint density at radius 2 is 1.72 bits per heavy atom. The average molecular weight is 271 g/mol. The normalized spacial score (nSPS) is 16.0. The van der Waals surface area contributed by atoms with Crippen molar-refractivity contribution < 1.29 is 9.59 Å². The molecule has 5 nitrogen and oxygen atoms in total. The molecule has 0 aliphatic heterocycles. The summed E-state index contributed by atoms with van der Waals surface area (Å²) in [6.45, 7) is 0.619. The van der Waals surface area contributed by atoms with Crippen LogP contribution in [0.2, 0.25) is 0 Å². The zero-order valence-corrected chi connectivity index (χ0v) is 11.4. The fourth-order valence-corrected chi connectivity index (χ4v) is 2.27. The van der Waals surface area contributed by atoms with Gasteiger partial charge in [0, 0.05) is 6.54 Å². The number of hydrogen-bond donors (Lipinski definition) is 3. The van der Waals surface area contributed by atoms with Gasteiger partial charge in [0.1, 0.15) is 0 Å². The quantitative estimate of drug-likeness (QED) is 0.501. The number of nitrogens with two attached hydrogens (primary N) is 1. The largest absolute Gasteiger partial charge is 0.392 e. The van der Waals surface area contributed by atoms with Crippen LogP contribution in [-0.4, -0.2) is 29.9 Å². The summed E-state index contributed by atoms with van der Waals surface area (Å²) in [7, 11) is 0. The molecule has 0 aromatic carbocycles. The highest BCUT2D eigenvalue weighted by Crippen LogP contribution is 2.25. The van der Waals surface area contributed by atoms with Gasteiger partial charge >= 0.3 is 11.8 Å². The van der Waals surface area contributed by atoms with Crippen LogP contribution < -0.4 is 16.4 Å². The number of carbonyl (C=O) groups is 2. The molecule has 1 rings (SSSR count). The Morgan fingerprint density at radius 1 is 1.11 bits per heavy atom. The number of carbonyl (C=O) groups excluding carboxylic acids is 2. The molecule has 102 valence electrons. The first-order valence-corrected chi connectivity index (χ1v) is 6.84. The highest BCUT2D eigenvalue weighted by Gasteiger charge is 2.15. The lowest BCUT2D eigenvalue weighted by molar-refractivity contribution is -0.139. The number of amides is 2. The van der Waals surface area contributed by atoms with E-state index in [-0.39, 0.29) is 11.5 Å². The molecule has 6 heteroatoms. The van der Waals surface area contributed by atoms with Crippen LogP contribution in [0.25, 0.3) is 0 Å². The van der Waals surface area contributed by atoms with Gasteiger partial charge in [0.15, 0.2) is 0 Å². The molecular formula is C12H21N3O2S. The molecule has 0 aromatic heterocycles. The number of nitrogens with one attached hydrogen (secondary N) is 2. The summed E-state index contributed by atoms with van der Waals surface area (Å²) in [5, 5.41) is 4.97. The lowest BCUT2D eigenvalue weighted by Gasteiger charge is -2.21. The van der Waals surface area contributed by atoms with Crippen LogP contribution in [0.5, 0.6) is 0 Å². The van der Waals surface area contributed by atoms with E-state index in [4.69, 9.17) is 5.73 Å². The highest BCUT2D eigenvalue weighted by atomic mass is 32.1. The van der Waals surface area contributed by atoms with E-state index in [2.05, 4.69) is 22.9 Å². The zero-order valence-electron chi connectivity index (χ0n) is 10.5. The second-order valence-corrected chi connectivity index (χ2v) is 5.22. The molecule has 1 aliphatic rings. The predicted octanol–water partition coefficient (Wildman–Crippen LogP) is 0.475. The van der Waals surface area contributed by atoms with Gasteiger partial charge in [0.05, 0.1) is 11.5 Å². The highest BCUT2D eigenvalue weighted by molar-refractivity contribution is 7.80. The molecule has 0 spiro atoms. The Kier molecular flexibility index (Phi) is 6.64. The van der Waals surface area contributed by atoms with Crippen LogP contribution in [0, 0.1) is 5.92 Å².